The summed E-state index contributed by atoms with van der Waals surface area (Å²) in [7, 11) is 3.35. The fraction of sp³-hybridized carbons (Fsp3) is 0.263. The molecule has 130 valence electrons. The van der Waals surface area contributed by atoms with Crippen molar-refractivity contribution in [3.05, 3.63) is 65.2 Å². The van der Waals surface area contributed by atoms with E-state index >= 15 is 0 Å². The van der Waals surface area contributed by atoms with Crippen LogP contribution in [0.3, 0.4) is 0 Å². The summed E-state index contributed by atoms with van der Waals surface area (Å²) >= 11 is 0. The maximum Gasteiger partial charge on any atom is 0.319 e. The third kappa shape index (κ3) is 3.64. The van der Waals surface area contributed by atoms with Crippen molar-refractivity contribution in [3.63, 3.8) is 0 Å². The molecule has 3 amide bonds. The lowest BCUT2D eigenvalue weighted by Gasteiger charge is -2.18. The van der Waals surface area contributed by atoms with Gasteiger partial charge in [0.05, 0.1) is 12.1 Å². The predicted molar refractivity (Wildman–Crippen MR) is 95.5 cm³/mol. The van der Waals surface area contributed by atoms with E-state index in [1.165, 1.54) is 4.90 Å². The molecule has 2 aromatic carbocycles. The molecule has 2 atom stereocenters. The number of aliphatic hydroxyl groups excluding tert-OH is 1. The van der Waals surface area contributed by atoms with Gasteiger partial charge < -0.3 is 20.6 Å². The second-order valence-corrected chi connectivity index (χ2v) is 6.33. The van der Waals surface area contributed by atoms with Crippen molar-refractivity contribution in [2.75, 3.05) is 19.4 Å². The zero-order valence-electron chi connectivity index (χ0n) is 14.2. The molecule has 0 spiro atoms. The van der Waals surface area contributed by atoms with Crippen LogP contribution >= 0.6 is 0 Å². The second kappa shape index (κ2) is 6.94. The van der Waals surface area contributed by atoms with Gasteiger partial charge in [0.2, 0.25) is 0 Å². The molecule has 25 heavy (non-hydrogen) atoms. The molecule has 3 rings (SSSR count). The van der Waals surface area contributed by atoms with Gasteiger partial charge in [0, 0.05) is 31.8 Å². The summed E-state index contributed by atoms with van der Waals surface area (Å²) < 4.78 is 0. The Kier molecular flexibility index (Phi) is 4.72. The summed E-state index contributed by atoms with van der Waals surface area (Å²) in [5, 5.41) is 15.7. The minimum atomic E-state index is -0.648. The van der Waals surface area contributed by atoms with Gasteiger partial charge in [0.25, 0.3) is 5.91 Å². The van der Waals surface area contributed by atoms with Gasteiger partial charge >= 0.3 is 6.03 Å². The number of aliphatic hydroxyl groups is 1. The summed E-state index contributed by atoms with van der Waals surface area (Å²) in [6.07, 6.45) is -0.127. The molecule has 1 aliphatic carbocycles. The van der Waals surface area contributed by atoms with Gasteiger partial charge in [0.15, 0.2) is 0 Å². The molecule has 0 fully saturated rings. The predicted octanol–water partition coefficient (Wildman–Crippen LogP) is 2.17. The molecule has 0 saturated heterocycles. The number of anilines is 1. The number of hydrogen-bond donors (Lipinski definition) is 3. The van der Waals surface area contributed by atoms with Gasteiger partial charge in [-0.25, -0.2) is 4.79 Å². The molecule has 2 aromatic rings. The number of amides is 3. The maximum atomic E-state index is 12.3. The van der Waals surface area contributed by atoms with Crippen molar-refractivity contribution in [3.8, 4) is 0 Å². The van der Waals surface area contributed by atoms with E-state index in [-0.39, 0.29) is 5.91 Å². The van der Waals surface area contributed by atoms with Crippen LogP contribution in [-0.2, 0) is 6.42 Å². The summed E-state index contributed by atoms with van der Waals surface area (Å²) in [5.41, 5.74) is 2.99. The second-order valence-electron chi connectivity index (χ2n) is 6.33. The number of fused-ring (bicyclic) bond motifs is 1. The van der Waals surface area contributed by atoms with Crippen LogP contribution in [0.25, 0.3) is 0 Å². The van der Waals surface area contributed by atoms with Gasteiger partial charge in [-0.15, -0.1) is 0 Å². The highest BCUT2D eigenvalue weighted by Crippen LogP contribution is 2.31. The number of hydrogen-bond acceptors (Lipinski definition) is 3. The van der Waals surface area contributed by atoms with Crippen molar-refractivity contribution in [1.29, 1.82) is 0 Å². The Bertz CT molecular complexity index is 804. The fourth-order valence-corrected chi connectivity index (χ4v) is 3.04. The molecule has 0 bridgehead atoms. The summed E-state index contributed by atoms with van der Waals surface area (Å²) in [4.78, 5) is 25.8. The SMILES string of the molecule is CN(C)C(=O)c1cccc(NC(=O)N[C@@H]2c3ccccc3C[C@@H]2O)c1. The highest BCUT2D eigenvalue weighted by atomic mass is 16.3. The molecule has 6 heteroatoms. The highest BCUT2D eigenvalue weighted by Gasteiger charge is 2.31. The van der Waals surface area contributed by atoms with Crippen molar-refractivity contribution >= 4 is 17.6 Å². The lowest BCUT2D eigenvalue weighted by Crippen LogP contribution is -2.36. The Balaban J connectivity index is 1.69. The van der Waals surface area contributed by atoms with Crippen LogP contribution in [0.4, 0.5) is 10.5 Å². The first-order valence-corrected chi connectivity index (χ1v) is 8.11. The van der Waals surface area contributed by atoms with Crippen molar-refractivity contribution in [2.45, 2.75) is 18.6 Å². The van der Waals surface area contributed by atoms with Crippen LogP contribution < -0.4 is 10.6 Å². The molecule has 0 saturated carbocycles. The van der Waals surface area contributed by atoms with E-state index in [1.807, 2.05) is 24.3 Å². The summed E-state index contributed by atoms with van der Waals surface area (Å²) in [6, 6.07) is 13.6. The minimum absolute atomic E-state index is 0.135. The van der Waals surface area contributed by atoms with Gasteiger partial charge in [-0.05, 0) is 29.3 Å². The van der Waals surface area contributed by atoms with Crippen LogP contribution in [0, 0.1) is 0 Å². The van der Waals surface area contributed by atoms with Crippen LogP contribution in [0.5, 0.6) is 0 Å². The largest absolute Gasteiger partial charge is 0.390 e. The van der Waals surface area contributed by atoms with Gasteiger partial charge in [-0.2, -0.15) is 0 Å². The van der Waals surface area contributed by atoms with E-state index in [2.05, 4.69) is 10.6 Å². The fourth-order valence-electron chi connectivity index (χ4n) is 3.04. The summed E-state index contributed by atoms with van der Waals surface area (Å²) in [5.74, 6) is -0.135. The Hall–Kier alpha value is -2.86. The topological polar surface area (TPSA) is 81.7 Å². The van der Waals surface area contributed by atoms with Crippen molar-refractivity contribution in [2.24, 2.45) is 0 Å². The number of carbonyl (C=O) groups excluding carboxylic acids is 2. The van der Waals surface area contributed by atoms with E-state index in [9.17, 15) is 14.7 Å². The molecule has 0 radical (unpaired) electrons. The third-order valence-corrected chi connectivity index (χ3v) is 4.26. The molecule has 0 unspecified atom stereocenters. The number of benzene rings is 2. The molecule has 1 aliphatic rings. The minimum Gasteiger partial charge on any atom is -0.390 e. The number of carbonyl (C=O) groups is 2. The van der Waals surface area contributed by atoms with Crippen LogP contribution in [0.1, 0.15) is 27.5 Å². The van der Waals surface area contributed by atoms with Crippen molar-refractivity contribution in [1.82, 2.24) is 10.2 Å². The molecule has 0 aliphatic heterocycles. The zero-order valence-corrected chi connectivity index (χ0v) is 14.2. The van der Waals surface area contributed by atoms with Gasteiger partial charge in [-0.1, -0.05) is 30.3 Å². The van der Waals surface area contributed by atoms with Gasteiger partial charge in [0.1, 0.15) is 0 Å². The van der Waals surface area contributed by atoms with Crippen LogP contribution in [-0.4, -0.2) is 42.1 Å². The number of rotatable bonds is 3. The first-order valence-electron chi connectivity index (χ1n) is 8.11. The summed E-state index contributed by atoms with van der Waals surface area (Å²) in [6.45, 7) is 0. The molecule has 6 nitrogen and oxygen atoms in total. The Labute approximate surface area is 146 Å². The van der Waals surface area contributed by atoms with Gasteiger partial charge in [-0.3, -0.25) is 4.79 Å². The van der Waals surface area contributed by atoms with Crippen LogP contribution in [0.15, 0.2) is 48.5 Å². The maximum absolute atomic E-state index is 12.3. The number of nitrogens with zero attached hydrogens (tertiary/aromatic N) is 1. The number of urea groups is 1. The normalized spacial score (nSPS) is 18.4. The van der Waals surface area contributed by atoms with Crippen LogP contribution in [0.2, 0.25) is 0 Å². The average Bonchev–Trinajstić information content (AvgIpc) is 2.90. The number of nitrogens with one attached hydrogen (secondary N) is 2. The monoisotopic (exact) mass is 339 g/mol. The first-order chi connectivity index (χ1) is 12.0. The Morgan fingerprint density at radius 1 is 1.12 bits per heavy atom. The lowest BCUT2D eigenvalue weighted by atomic mass is 10.1. The van der Waals surface area contributed by atoms with Crippen molar-refractivity contribution < 1.29 is 14.7 Å². The van der Waals surface area contributed by atoms with E-state index in [0.29, 0.717) is 17.7 Å². The average molecular weight is 339 g/mol. The Morgan fingerprint density at radius 2 is 1.88 bits per heavy atom. The van der Waals surface area contributed by atoms with E-state index < -0.39 is 18.2 Å². The van der Waals surface area contributed by atoms with E-state index in [4.69, 9.17) is 0 Å². The standard InChI is InChI=1S/C19H21N3O3/c1-22(2)18(24)13-7-5-8-14(10-13)20-19(25)21-17-15-9-4-3-6-12(15)11-16(17)23/h3-10,16-17,23H,11H2,1-2H3,(H2,20,21,25)/t16-,17+/m0/s1. The molecular formula is C19H21N3O3. The lowest BCUT2D eigenvalue weighted by molar-refractivity contribution is 0.0827. The quantitative estimate of drug-likeness (QED) is 0.801. The smallest absolute Gasteiger partial charge is 0.319 e. The molecule has 3 N–H and O–H groups in total. The molecule has 0 aromatic heterocycles. The molecule has 0 heterocycles. The Morgan fingerprint density at radius 3 is 2.64 bits per heavy atom. The van der Waals surface area contributed by atoms with E-state index in [0.717, 1.165) is 11.1 Å². The zero-order chi connectivity index (χ0) is 18.0. The third-order valence-electron chi connectivity index (χ3n) is 4.26. The first kappa shape index (κ1) is 17.0. The van der Waals surface area contributed by atoms with E-state index in [1.54, 1.807) is 38.4 Å². The molecular weight excluding hydrogens is 318 g/mol. The highest BCUT2D eigenvalue weighted by molar-refractivity contribution is 5.96.